The first-order valence-corrected chi connectivity index (χ1v) is 8.93. The van der Waals surface area contributed by atoms with Crippen molar-refractivity contribution in [3.63, 3.8) is 0 Å². The first kappa shape index (κ1) is 16.7. The number of amides is 1. The van der Waals surface area contributed by atoms with Crippen LogP contribution in [0.1, 0.15) is 28.9 Å². The van der Waals surface area contributed by atoms with Crippen molar-refractivity contribution in [2.45, 2.75) is 25.9 Å². The molecule has 1 aliphatic rings. The fourth-order valence-corrected chi connectivity index (χ4v) is 3.49. The molecule has 0 spiro atoms. The number of pyridine rings is 1. The maximum absolute atomic E-state index is 12.9. The molecule has 26 heavy (non-hydrogen) atoms. The topological polar surface area (TPSA) is 69.0 Å². The van der Waals surface area contributed by atoms with Gasteiger partial charge < -0.3 is 10.1 Å². The molecule has 1 atom stereocenters. The van der Waals surface area contributed by atoms with Gasteiger partial charge in [0.15, 0.2) is 5.65 Å². The van der Waals surface area contributed by atoms with Crippen LogP contribution in [0, 0.1) is 6.92 Å². The van der Waals surface area contributed by atoms with E-state index in [1.165, 1.54) is 0 Å². The summed E-state index contributed by atoms with van der Waals surface area (Å²) >= 11 is 0. The van der Waals surface area contributed by atoms with Crippen molar-refractivity contribution >= 4 is 16.9 Å². The SMILES string of the molecule is Cc1nn(C)c2nc(-c3ccccc3)cc(C(=O)NC[C@H]3CCCO3)c12. The zero-order valence-electron chi connectivity index (χ0n) is 15.0. The van der Waals surface area contributed by atoms with Crippen molar-refractivity contribution in [1.82, 2.24) is 20.1 Å². The molecule has 0 aliphatic carbocycles. The van der Waals surface area contributed by atoms with Crippen LogP contribution >= 0.6 is 0 Å². The number of hydrogen-bond acceptors (Lipinski definition) is 4. The molecule has 1 amide bonds. The molecule has 0 unspecified atom stereocenters. The summed E-state index contributed by atoms with van der Waals surface area (Å²) in [5, 5.41) is 8.28. The molecule has 1 aromatic carbocycles. The van der Waals surface area contributed by atoms with Gasteiger partial charge in [0.1, 0.15) is 0 Å². The van der Waals surface area contributed by atoms with E-state index in [-0.39, 0.29) is 12.0 Å². The lowest BCUT2D eigenvalue weighted by molar-refractivity contribution is 0.0859. The molecule has 1 N–H and O–H groups in total. The molecule has 0 radical (unpaired) electrons. The minimum Gasteiger partial charge on any atom is -0.376 e. The number of fused-ring (bicyclic) bond motifs is 1. The van der Waals surface area contributed by atoms with E-state index in [0.717, 1.165) is 41.8 Å². The molecule has 1 aliphatic heterocycles. The molecule has 0 saturated carbocycles. The molecular formula is C20H22N4O2. The maximum Gasteiger partial charge on any atom is 0.252 e. The summed E-state index contributed by atoms with van der Waals surface area (Å²) in [6.07, 6.45) is 2.16. The van der Waals surface area contributed by atoms with E-state index in [1.807, 2.05) is 50.4 Å². The van der Waals surface area contributed by atoms with Gasteiger partial charge in [-0.3, -0.25) is 9.48 Å². The van der Waals surface area contributed by atoms with Gasteiger partial charge >= 0.3 is 0 Å². The van der Waals surface area contributed by atoms with Gasteiger partial charge in [-0.25, -0.2) is 4.98 Å². The first-order chi connectivity index (χ1) is 12.6. The molecule has 134 valence electrons. The van der Waals surface area contributed by atoms with E-state index < -0.39 is 0 Å². The van der Waals surface area contributed by atoms with Gasteiger partial charge in [-0.1, -0.05) is 30.3 Å². The second-order valence-corrected chi connectivity index (χ2v) is 6.67. The minimum atomic E-state index is -0.110. The van der Waals surface area contributed by atoms with Crippen molar-refractivity contribution in [2.75, 3.05) is 13.2 Å². The van der Waals surface area contributed by atoms with Gasteiger partial charge in [0.05, 0.1) is 28.4 Å². The number of carbonyl (C=O) groups is 1. The lowest BCUT2D eigenvalue weighted by Gasteiger charge is -2.12. The molecule has 1 saturated heterocycles. The Kier molecular flexibility index (Phi) is 4.42. The number of nitrogens with zero attached hydrogens (tertiary/aromatic N) is 3. The fraction of sp³-hybridized carbons (Fsp3) is 0.350. The van der Waals surface area contributed by atoms with E-state index in [4.69, 9.17) is 9.72 Å². The molecule has 3 aromatic rings. The second kappa shape index (κ2) is 6.88. The summed E-state index contributed by atoms with van der Waals surface area (Å²) in [5.41, 5.74) is 3.87. The highest BCUT2D eigenvalue weighted by Gasteiger charge is 2.21. The Bertz CT molecular complexity index is 943. The van der Waals surface area contributed by atoms with Gasteiger partial charge in [-0.05, 0) is 25.8 Å². The van der Waals surface area contributed by atoms with Gasteiger partial charge in [-0.15, -0.1) is 0 Å². The second-order valence-electron chi connectivity index (χ2n) is 6.67. The van der Waals surface area contributed by atoms with E-state index in [9.17, 15) is 4.79 Å². The van der Waals surface area contributed by atoms with Crippen LogP contribution < -0.4 is 5.32 Å². The predicted octanol–water partition coefficient (Wildman–Crippen LogP) is 2.85. The van der Waals surface area contributed by atoms with E-state index in [0.29, 0.717) is 17.8 Å². The Hall–Kier alpha value is -2.73. The van der Waals surface area contributed by atoms with Crippen LogP contribution in [0.25, 0.3) is 22.3 Å². The lowest BCUT2D eigenvalue weighted by atomic mass is 10.0. The van der Waals surface area contributed by atoms with E-state index in [2.05, 4.69) is 10.4 Å². The summed E-state index contributed by atoms with van der Waals surface area (Å²) in [6.45, 7) is 3.21. The third-order valence-corrected chi connectivity index (χ3v) is 4.80. The Morgan fingerprint density at radius 3 is 2.88 bits per heavy atom. The van der Waals surface area contributed by atoms with Crippen LogP contribution in [0.4, 0.5) is 0 Å². The number of carbonyl (C=O) groups excluding carboxylic acids is 1. The highest BCUT2D eigenvalue weighted by atomic mass is 16.5. The third kappa shape index (κ3) is 3.08. The lowest BCUT2D eigenvalue weighted by Crippen LogP contribution is -2.32. The molecule has 6 heteroatoms. The van der Waals surface area contributed by atoms with E-state index in [1.54, 1.807) is 4.68 Å². The smallest absolute Gasteiger partial charge is 0.252 e. The molecule has 6 nitrogen and oxygen atoms in total. The van der Waals surface area contributed by atoms with Crippen molar-refractivity contribution in [3.8, 4) is 11.3 Å². The van der Waals surface area contributed by atoms with Gasteiger partial charge in [-0.2, -0.15) is 5.10 Å². The Balaban J connectivity index is 1.74. The maximum atomic E-state index is 12.9. The molecule has 1 fully saturated rings. The number of ether oxygens (including phenoxy) is 1. The summed E-state index contributed by atoms with van der Waals surface area (Å²) in [6, 6.07) is 11.7. The van der Waals surface area contributed by atoms with Crippen LogP contribution in [0.3, 0.4) is 0 Å². The number of hydrogen-bond donors (Lipinski definition) is 1. The highest BCUT2D eigenvalue weighted by Crippen LogP contribution is 2.26. The number of rotatable bonds is 4. The fourth-order valence-electron chi connectivity index (χ4n) is 3.49. The van der Waals surface area contributed by atoms with Crippen LogP contribution in [0.15, 0.2) is 36.4 Å². The molecule has 4 rings (SSSR count). The standard InChI is InChI=1S/C20H22N4O2/c1-13-18-16(20(25)21-12-15-9-6-10-26-15)11-17(14-7-4-3-5-8-14)22-19(18)24(2)23-13/h3-5,7-8,11,15H,6,9-10,12H2,1-2H3,(H,21,25)/t15-/m1/s1. The average molecular weight is 350 g/mol. The number of benzene rings is 1. The molecular weight excluding hydrogens is 328 g/mol. The van der Waals surface area contributed by atoms with Crippen LogP contribution in [-0.4, -0.2) is 39.9 Å². The Morgan fingerprint density at radius 1 is 1.35 bits per heavy atom. The zero-order chi connectivity index (χ0) is 18.1. The predicted molar refractivity (Wildman–Crippen MR) is 100.0 cm³/mol. The molecule has 3 heterocycles. The quantitative estimate of drug-likeness (QED) is 0.785. The summed E-state index contributed by atoms with van der Waals surface area (Å²) in [4.78, 5) is 17.7. The van der Waals surface area contributed by atoms with E-state index >= 15 is 0 Å². The van der Waals surface area contributed by atoms with Crippen molar-refractivity contribution < 1.29 is 9.53 Å². The van der Waals surface area contributed by atoms with Crippen molar-refractivity contribution in [2.24, 2.45) is 7.05 Å². The van der Waals surface area contributed by atoms with Crippen LogP contribution in [0.5, 0.6) is 0 Å². The summed E-state index contributed by atoms with van der Waals surface area (Å²) in [5.74, 6) is -0.110. The number of aromatic nitrogens is 3. The van der Waals surface area contributed by atoms with Crippen molar-refractivity contribution in [1.29, 1.82) is 0 Å². The Morgan fingerprint density at radius 2 is 2.15 bits per heavy atom. The third-order valence-electron chi connectivity index (χ3n) is 4.80. The number of aryl methyl sites for hydroxylation is 2. The Labute approximate surface area is 152 Å². The average Bonchev–Trinajstić information content (AvgIpc) is 3.28. The summed E-state index contributed by atoms with van der Waals surface area (Å²) < 4.78 is 7.33. The van der Waals surface area contributed by atoms with Gasteiger partial charge in [0.25, 0.3) is 5.91 Å². The van der Waals surface area contributed by atoms with Crippen molar-refractivity contribution in [3.05, 3.63) is 47.7 Å². The monoisotopic (exact) mass is 350 g/mol. The normalized spacial score (nSPS) is 16.9. The minimum absolute atomic E-state index is 0.110. The zero-order valence-corrected chi connectivity index (χ0v) is 15.0. The van der Waals surface area contributed by atoms with Crippen LogP contribution in [0.2, 0.25) is 0 Å². The van der Waals surface area contributed by atoms with Crippen LogP contribution in [-0.2, 0) is 11.8 Å². The highest BCUT2D eigenvalue weighted by molar-refractivity contribution is 6.07. The molecule has 2 aromatic heterocycles. The first-order valence-electron chi connectivity index (χ1n) is 8.93. The largest absolute Gasteiger partial charge is 0.376 e. The van der Waals surface area contributed by atoms with Gasteiger partial charge in [0, 0.05) is 25.8 Å². The summed E-state index contributed by atoms with van der Waals surface area (Å²) in [7, 11) is 1.85. The molecule has 0 bridgehead atoms. The number of nitrogens with one attached hydrogen (secondary N) is 1. The van der Waals surface area contributed by atoms with Gasteiger partial charge in [0.2, 0.25) is 0 Å².